The Kier molecular flexibility index (Phi) is 4.37. The highest BCUT2D eigenvalue weighted by Crippen LogP contribution is 2.25. The van der Waals surface area contributed by atoms with Crippen molar-refractivity contribution in [2.45, 2.75) is 20.0 Å². The van der Waals surface area contributed by atoms with E-state index in [4.69, 9.17) is 18.3 Å². The summed E-state index contributed by atoms with van der Waals surface area (Å²) >= 11 is 0. The third kappa shape index (κ3) is 3.17. The first kappa shape index (κ1) is 15.9. The van der Waals surface area contributed by atoms with Crippen LogP contribution in [0.3, 0.4) is 0 Å². The summed E-state index contributed by atoms with van der Waals surface area (Å²) in [5, 5.41) is 0.360. The molecule has 0 bridgehead atoms. The Labute approximate surface area is 137 Å². The molecule has 0 N–H and O–H groups in total. The van der Waals surface area contributed by atoms with Crippen LogP contribution in [0.2, 0.25) is 0 Å². The Morgan fingerprint density at radius 3 is 2.75 bits per heavy atom. The number of hydrogen-bond acceptors (Lipinski definition) is 6. The van der Waals surface area contributed by atoms with Crippen molar-refractivity contribution in [3.63, 3.8) is 0 Å². The molecular formula is C18H16O6. The minimum atomic E-state index is -0.767. The topological polar surface area (TPSA) is 78.9 Å². The molecule has 0 spiro atoms. The molecule has 0 aliphatic heterocycles. The van der Waals surface area contributed by atoms with Crippen molar-refractivity contribution in [2.24, 2.45) is 0 Å². The van der Waals surface area contributed by atoms with E-state index >= 15 is 0 Å². The smallest absolute Gasteiger partial charge is 0.347 e. The molecule has 0 aliphatic carbocycles. The van der Waals surface area contributed by atoms with Crippen LogP contribution in [-0.2, 0) is 9.53 Å². The standard InChI is InChI=1S/C18H16O6/c1-3-21-18(20)11(2)23-12-6-7-15-13(9-12)14(19)10-17(24-15)16-5-4-8-22-16/h4-11H,3H2,1-2H3/t11-/m0/s1. The number of hydrogen-bond donors (Lipinski definition) is 0. The van der Waals surface area contributed by atoms with Gasteiger partial charge >= 0.3 is 5.97 Å². The molecule has 124 valence electrons. The van der Waals surface area contributed by atoms with Gasteiger partial charge in [0.05, 0.1) is 18.3 Å². The second-order valence-corrected chi connectivity index (χ2v) is 5.12. The fraction of sp³-hybridized carbons (Fsp3) is 0.222. The van der Waals surface area contributed by atoms with Gasteiger partial charge in [-0.2, -0.15) is 0 Å². The van der Waals surface area contributed by atoms with E-state index in [1.807, 2.05) is 0 Å². The molecule has 0 radical (unpaired) electrons. The lowest BCUT2D eigenvalue weighted by atomic mass is 10.2. The van der Waals surface area contributed by atoms with Crippen molar-refractivity contribution >= 4 is 16.9 Å². The van der Waals surface area contributed by atoms with E-state index in [1.54, 1.807) is 44.2 Å². The highest BCUT2D eigenvalue weighted by atomic mass is 16.6. The maximum absolute atomic E-state index is 12.3. The Morgan fingerprint density at radius 1 is 1.21 bits per heavy atom. The summed E-state index contributed by atoms with van der Waals surface area (Å²) in [5.74, 6) is 0.759. The van der Waals surface area contributed by atoms with Gasteiger partial charge in [0.1, 0.15) is 11.3 Å². The molecular weight excluding hydrogens is 312 g/mol. The molecule has 6 heteroatoms. The van der Waals surface area contributed by atoms with Crippen LogP contribution in [0, 0.1) is 0 Å². The molecule has 3 rings (SSSR count). The van der Waals surface area contributed by atoms with E-state index in [1.165, 1.54) is 12.3 Å². The number of esters is 1. The number of carbonyl (C=O) groups is 1. The first-order valence-corrected chi connectivity index (χ1v) is 7.53. The lowest BCUT2D eigenvalue weighted by molar-refractivity contribution is -0.150. The summed E-state index contributed by atoms with van der Waals surface area (Å²) in [7, 11) is 0. The molecule has 0 saturated heterocycles. The zero-order chi connectivity index (χ0) is 17.1. The molecule has 1 atom stereocenters. The third-order valence-corrected chi connectivity index (χ3v) is 3.39. The van der Waals surface area contributed by atoms with E-state index in [2.05, 4.69) is 0 Å². The van der Waals surface area contributed by atoms with Crippen molar-refractivity contribution in [3.05, 3.63) is 52.9 Å². The van der Waals surface area contributed by atoms with Gasteiger partial charge in [-0.3, -0.25) is 4.79 Å². The predicted molar refractivity (Wildman–Crippen MR) is 86.9 cm³/mol. The van der Waals surface area contributed by atoms with Gasteiger partial charge < -0.3 is 18.3 Å². The first-order valence-electron chi connectivity index (χ1n) is 7.53. The van der Waals surface area contributed by atoms with Gasteiger partial charge in [-0.05, 0) is 44.2 Å². The van der Waals surface area contributed by atoms with Gasteiger partial charge in [-0.1, -0.05) is 0 Å². The summed E-state index contributed by atoms with van der Waals surface area (Å²) in [4.78, 5) is 23.9. The van der Waals surface area contributed by atoms with Crippen LogP contribution in [0.1, 0.15) is 13.8 Å². The van der Waals surface area contributed by atoms with Crippen molar-refractivity contribution < 1.29 is 23.1 Å². The molecule has 0 fully saturated rings. The first-order chi connectivity index (χ1) is 11.6. The van der Waals surface area contributed by atoms with Gasteiger partial charge in [0.15, 0.2) is 23.1 Å². The molecule has 2 heterocycles. The summed E-state index contributed by atoms with van der Waals surface area (Å²) in [6, 6.07) is 9.58. The summed E-state index contributed by atoms with van der Waals surface area (Å²) in [6.45, 7) is 3.59. The molecule has 2 aromatic heterocycles. The van der Waals surface area contributed by atoms with Gasteiger partial charge in [0, 0.05) is 6.07 Å². The number of furan rings is 1. The highest BCUT2D eigenvalue weighted by Gasteiger charge is 2.16. The van der Waals surface area contributed by atoms with Crippen molar-refractivity contribution in [1.82, 2.24) is 0 Å². The Bertz CT molecular complexity index is 907. The van der Waals surface area contributed by atoms with Crippen LogP contribution in [0.4, 0.5) is 0 Å². The Morgan fingerprint density at radius 2 is 2.04 bits per heavy atom. The third-order valence-electron chi connectivity index (χ3n) is 3.39. The Balaban J connectivity index is 1.92. The number of benzene rings is 1. The average Bonchev–Trinajstić information content (AvgIpc) is 3.10. The largest absolute Gasteiger partial charge is 0.479 e. The van der Waals surface area contributed by atoms with E-state index in [0.717, 1.165) is 0 Å². The molecule has 1 aromatic carbocycles. The molecule has 0 aliphatic rings. The van der Waals surface area contributed by atoms with Crippen molar-refractivity contribution in [1.29, 1.82) is 0 Å². The summed E-state index contributed by atoms with van der Waals surface area (Å²) in [5.41, 5.74) is 0.182. The fourth-order valence-corrected chi connectivity index (χ4v) is 2.26. The lowest BCUT2D eigenvalue weighted by Crippen LogP contribution is -2.26. The second-order valence-electron chi connectivity index (χ2n) is 5.12. The van der Waals surface area contributed by atoms with Crippen LogP contribution in [0.5, 0.6) is 5.75 Å². The molecule has 3 aromatic rings. The van der Waals surface area contributed by atoms with E-state index in [0.29, 0.717) is 28.2 Å². The number of fused-ring (bicyclic) bond motifs is 1. The average molecular weight is 328 g/mol. The maximum atomic E-state index is 12.3. The van der Waals surface area contributed by atoms with E-state index in [9.17, 15) is 9.59 Å². The zero-order valence-corrected chi connectivity index (χ0v) is 13.3. The van der Waals surface area contributed by atoms with Crippen LogP contribution in [0.15, 0.2) is 56.3 Å². The molecule has 0 saturated carbocycles. The number of rotatable bonds is 5. The minimum Gasteiger partial charge on any atom is -0.479 e. The van der Waals surface area contributed by atoms with Crippen LogP contribution >= 0.6 is 0 Å². The molecule has 0 unspecified atom stereocenters. The van der Waals surface area contributed by atoms with E-state index < -0.39 is 12.1 Å². The van der Waals surface area contributed by atoms with Crippen molar-refractivity contribution in [2.75, 3.05) is 6.61 Å². The van der Waals surface area contributed by atoms with Gasteiger partial charge in [0.25, 0.3) is 0 Å². The quantitative estimate of drug-likeness (QED) is 0.668. The highest BCUT2D eigenvalue weighted by molar-refractivity contribution is 5.80. The molecule has 0 amide bonds. The SMILES string of the molecule is CCOC(=O)[C@H](C)Oc1ccc2oc(-c3ccco3)cc(=O)c2c1. The predicted octanol–water partition coefficient (Wildman–Crippen LogP) is 3.38. The monoisotopic (exact) mass is 328 g/mol. The lowest BCUT2D eigenvalue weighted by Gasteiger charge is -2.13. The fourth-order valence-electron chi connectivity index (χ4n) is 2.26. The zero-order valence-electron chi connectivity index (χ0n) is 13.3. The van der Waals surface area contributed by atoms with Gasteiger partial charge in [0.2, 0.25) is 0 Å². The summed E-state index contributed by atoms with van der Waals surface area (Å²) in [6.07, 6.45) is 0.740. The summed E-state index contributed by atoms with van der Waals surface area (Å²) < 4.78 is 21.3. The number of carbonyl (C=O) groups excluding carboxylic acids is 1. The van der Waals surface area contributed by atoms with Crippen molar-refractivity contribution in [3.8, 4) is 17.3 Å². The second kappa shape index (κ2) is 6.62. The minimum absolute atomic E-state index is 0.225. The molecule has 6 nitrogen and oxygen atoms in total. The van der Waals surface area contributed by atoms with Gasteiger partial charge in [-0.15, -0.1) is 0 Å². The normalized spacial score (nSPS) is 12.1. The van der Waals surface area contributed by atoms with Crippen LogP contribution in [0.25, 0.3) is 22.5 Å². The number of ether oxygens (including phenoxy) is 2. The molecule has 24 heavy (non-hydrogen) atoms. The maximum Gasteiger partial charge on any atom is 0.347 e. The van der Waals surface area contributed by atoms with Crippen LogP contribution < -0.4 is 10.2 Å². The van der Waals surface area contributed by atoms with E-state index in [-0.39, 0.29) is 12.0 Å². The van der Waals surface area contributed by atoms with Crippen LogP contribution in [-0.4, -0.2) is 18.7 Å². The Hall–Kier alpha value is -3.02. The van der Waals surface area contributed by atoms with Gasteiger partial charge in [-0.25, -0.2) is 4.79 Å².